The second-order valence-corrected chi connectivity index (χ2v) is 6.66. The van der Waals surface area contributed by atoms with E-state index >= 15 is 0 Å². The van der Waals surface area contributed by atoms with Crippen LogP contribution in [0, 0.1) is 26.6 Å². The lowest BCUT2D eigenvalue weighted by Crippen LogP contribution is -2.09. The van der Waals surface area contributed by atoms with Crippen LogP contribution in [0.25, 0.3) is 16.5 Å². The van der Waals surface area contributed by atoms with Crippen LogP contribution in [0.15, 0.2) is 41.0 Å². The molecule has 1 N–H and O–H groups in total. The number of fused-ring (bicyclic) bond motifs is 1. The molecule has 1 amide bonds. The van der Waals surface area contributed by atoms with Gasteiger partial charge in [-0.3, -0.25) is 4.79 Å². The van der Waals surface area contributed by atoms with Gasteiger partial charge in [0.2, 0.25) is 5.91 Å². The molecule has 0 aliphatic carbocycles. The Morgan fingerprint density at radius 2 is 1.93 bits per heavy atom. The predicted molar refractivity (Wildman–Crippen MR) is 106 cm³/mol. The predicted octanol–water partition coefficient (Wildman–Crippen LogP) is 5.55. The summed E-state index contributed by atoms with van der Waals surface area (Å²) < 4.78 is 24.8. The minimum Gasteiger partial charge on any atom is -0.496 e. The molecule has 0 saturated carbocycles. The number of carbonyl (C=O) groups is 1. The number of hydrogen-bond donors (Lipinski definition) is 1. The zero-order chi connectivity index (χ0) is 19.7. The lowest BCUT2D eigenvalue weighted by atomic mass is 9.98. The van der Waals surface area contributed by atoms with Crippen LogP contribution >= 0.6 is 0 Å². The molecule has 0 atom stereocenters. The van der Waals surface area contributed by atoms with Gasteiger partial charge in [-0.15, -0.1) is 0 Å². The van der Waals surface area contributed by atoms with E-state index in [0.29, 0.717) is 17.0 Å². The molecule has 0 fully saturated rings. The SMILES string of the molecule is COc1c(/C(C)=C/C(=O)Nc2ccc(C)c(F)c2)cc2c(C)coc2c1C. The van der Waals surface area contributed by atoms with Gasteiger partial charge in [-0.25, -0.2) is 4.39 Å². The number of benzene rings is 2. The van der Waals surface area contributed by atoms with Gasteiger partial charge in [0, 0.05) is 28.3 Å². The summed E-state index contributed by atoms with van der Waals surface area (Å²) in [5.41, 5.74) is 5.18. The fourth-order valence-corrected chi connectivity index (χ4v) is 3.12. The molecule has 1 aromatic heterocycles. The van der Waals surface area contributed by atoms with Crippen LogP contribution in [0.1, 0.15) is 29.2 Å². The van der Waals surface area contributed by atoms with Crippen LogP contribution in [-0.2, 0) is 4.79 Å². The van der Waals surface area contributed by atoms with Gasteiger partial charge >= 0.3 is 0 Å². The number of aryl methyl sites for hydroxylation is 3. The van der Waals surface area contributed by atoms with Gasteiger partial charge in [0.1, 0.15) is 17.1 Å². The zero-order valence-corrected chi connectivity index (χ0v) is 16.1. The average Bonchev–Trinajstić information content (AvgIpc) is 2.99. The van der Waals surface area contributed by atoms with Crippen LogP contribution in [0.2, 0.25) is 0 Å². The number of anilines is 1. The molecule has 0 spiro atoms. The highest BCUT2D eigenvalue weighted by molar-refractivity contribution is 6.05. The fourth-order valence-electron chi connectivity index (χ4n) is 3.12. The van der Waals surface area contributed by atoms with Crippen molar-refractivity contribution in [3.63, 3.8) is 0 Å². The van der Waals surface area contributed by atoms with Crippen molar-refractivity contribution >= 4 is 28.1 Å². The molecule has 0 radical (unpaired) electrons. The van der Waals surface area contributed by atoms with Crippen molar-refractivity contribution in [2.45, 2.75) is 27.7 Å². The van der Waals surface area contributed by atoms with Crippen molar-refractivity contribution < 1.29 is 18.3 Å². The molecule has 2 aromatic carbocycles. The number of halogens is 1. The van der Waals surface area contributed by atoms with Crippen molar-refractivity contribution in [1.29, 1.82) is 0 Å². The molecule has 140 valence electrons. The number of methoxy groups -OCH3 is 1. The smallest absolute Gasteiger partial charge is 0.248 e. The van der Waals surface area contributed by atoms with Crippen molar-refractivity contribution in [3.05, 3.63) is 64.7 Å². The highest BCUT2D eigenvalue weighted by Crippen LogP contribution is 2.37. The Labute approximate surface area is 157 Å². The number of ether oxygens (including phenoxy) is 1. The van der Waals surface area contributed by atoms with Crippen LogP contribution in [0.3, 0.4) is 0 Å². The average molecular weight is 367 g/mol. The third-order valence-electron chi connectivity index (χ3n) is 4.65. The fraction of sp³-hybridized carbons (Fsp3) is 0.227. The summed E-state index contributed by atoms with van der Waals surface area (Å²) in [6.07, 6.45) is 3.19. The molecule has 27 heavy (non-hydrogen) atoms. The highest BCUT2D eigenvalue weighted by Gasteiger charge is 2.16. The van der Waals surface area contributed by atoms with E-state index in [1.165, 1.54) is 12.1 Å². The molecule has 0 aliphatic rings. The monoisotopic (exact) mass is 367 g/mol. The number of allylic oxidation sites excluding steroid dienone is 1. The third-order valence-corrected chi connectivity index (χ3v) is 4.65. The highest BCUT2D eigenvalue weighted by atomic mass is 19.1. The molecular weight excluding hydrogens is 345 g/mol. The molecule has 0 bridgehead atoms. The molecule has 0 aliphatic heterocycles. The Morgan fingerprint density at radius 1 is 1.19 bits per heavy atom. The minimum atomic E-state index is -0.355. The number of rotatable bonds is 4. The minimum absolute atomic E-state index is 0.334. The topological polar surface area (TPSA) is 51.5 Å². The maximum absolute atomic E-state index is 13.7. The molecule has 1 heterocycles. The van der Waals surface area contributed by atoms with E-state index in [1.807, 2.05) is 26.8 Å². The maximum atomic E-state index is 13.7. The first-order chi connectivity index (χ1) is 12.8. The summed E-state index contributed by atoms with van der Waals surface area (Å²) in [4.78, 5) is 12.4. The summed E-state index contributed by atoms with van der Waals surface area (Å²) in [7, 11) is 1.59. The molecule has 3 rings (SSSR count). The van der Waals surface area contributed by atoms with Crippen LogP contribution in [0.5, 0.6) is 5.75 Å². The Hall–Kier alpha value is -3.08. The number of carbonyl (C=O) groups excluding carboxylic acids is 1. The lowest BCUT2D eigenvalue weighted by molar-refractivity contribution is -0.111. The summed E-state index contributed by atoms with van der Waals surface area (Å²) >= 11 is 0. The molecule has 4 nitrogen and oxygen atoms in total. The molecule has 0 unspecified atom stereocenters. The van der Waals surface area contributed by atoms with E-state index in [0.717, 1.165) is 33.2 Å². The third kappa shape index (κ3) is 3.58. The van der Waals surface area contributed by atoms with Gasteiger partial charge in [-0.1, -0.05) is 6.07 Å². The number of amides is 1. The molecular formula is C22H22FNO3. The van der Waals surface area contributed by atoms with E-state index in [9.17, 15) is 9.18 Å². The van der Waals surface area contributed by atoms with E-state index in [-0.39, 0.29) is 11.7 Å². The van der Waals surface area contributed by atoms with Crippen molar-refractivity contribution in [1.82, 2.24) is 0 Å². The van der Waals surface area contributed by atoms with E-state index in [4.69, 9.17) is 9.15 Å². The van der Waals surface area contributed by atoms with E-state index in [2.05, 4.69) is 5.32 Å². The number of hydrogen-bond acceptors (Lipinski definition) is 3. The number of furan rings is 1. The Bertz CT molecular complexity index is 1060. The van der Waals surface area contributed by atoms with Crippen molar-refractivity contribution in [2.24, 2.45) is 0 Å². The molecule has 5 heteroatoms. The molecule has 0 saturated heterocycles. The van der Waals surface area contributed by atoms with Crippen molar-refractivity contribution in [2.75, 3.05) is 12.4 Å². The van der Waals surface area contributed by atoms with Gasteiger partial charge < -0.3 is 14.5 Å². The maximum Gasteiger partial charge on any atom is 0.248 e. The van der Waals surface area contributed by atoms with Gasteiger partial charge in [0.25, 0.3) is 0 Å². The summed E-state index contributed by atoms with van der Waals surface area (Å²) in [5, 5.41) is 3.68. The molecule has 3 aromatic rings. The van der Waals surface area contributed by atoms with Gasteiger partial charge in [-0.2, -0.15) is 0 Å². The quantitative estimate of drug-likeness (QED) is 0.615. The zero-order valence-electron chi connectivity index (χ0n) is 16.1. The van der Waals surface area contributed by atoms with Crippen LogP contribution in [0.4, 0.5) is 10.1 Å². The van der Waals surface area contributed by atoms with Gasteiger partial charge in [0.15, 0.2) is 0 Å². The normalized spacial score (nSPS) is 11.7. The Balaban J connectivity index is 1.96. The first-order valence-electron chi connectivity index (χ1n) is 8.63. The second-order valence-electron chi connectivity index (χ2n) is 6.66. The summed E-state index contributed by atoms with van der Waals surface area (Å²) in [5.74, 6) is -0.0223. The van der Waals surface area contributed by atoms with Gasteiger partial charge in [0.05, 0.1) is 13.4 Å². The van der Waals surface area contributed by atoms with Crippen LogP contribution in [-0.4, -0.2) is 13.0 Å². The standard InChI is InChI=1S/C22H22FNO3/c1-12-6-7-16(9-19(12)23)24-20(25)8-13(2)17-10-18-14(3)11-27-22(18)15(4)21(17)26-5/h6-11H,1-5H3,(H,24,25)/b13-8+. The first-order valence-corrected chi connectivity index (χ1v) is 8.63. The van der Waals surface area contributed by atoms with Crippen molar-refractivity contribution in [3.8, 4) is 5.75 Å². The lowest BCUT2D eigenvalue weighted by Gasteiger charge is -2.13. The summed E-state index contributed by atoms with van der Waals surface area (Å²) in [6.45, 7) is 7.41. The Morgan fingerprint density at radius 3 is 2.59 bits per heavy atom. The largest absolute Gasteiger partial charge is 0.496 e. The second kappa shape index (κ2) is 7.27. The van der Waals surface area contributed by atoms with E-state index < -0.39 is 0 Å². The van der Waals surface area contributed by atoms with Gasteiger partial charge in [-0.05, 0) is 62.6 Å². The number of nitrogens with one attached hydrogen (secondary N) is 1. The Kier molecular flexibility index (Phi) is 5.04. The van der Waals surface area contributed by atoms with E-state index in [1.54, 1.807) is 32.4 Å². The summed E-state index contributed by atoms with van der Waals surface area (Å²) in [6, 6.07) is 6.57. The first kappa shape index (κ1) is 18.7. The van der Waals surface area contributed by atoms with Crippen LogP contribution < -0.4 is 10.1 Å².